The number of fused-ring (bicyclic) bond motifs is 1. The predicted octanol–water partition coefficient (Wildman–Crippen LogP) is 1.67. The molecule has 1 aromatic rings. The van der Waals surface area contributed by atoms with Crippen LogP contribution in [0.25, 0.3) is 0 Å². The smallest absolute Gasteiger partial charge is 0.255 e. The van der Waals surface area contributed by atoms with E-state index in [4.69, 9.17) is 11.5 Å². The first-order chi connectivity index (χ1) is 9.84. The number of rotatable bonds is 5. The molecule has 1 amide bonds. The summed E-state index contributed by atoms with van der Waals surface area (Å²) in [4.78, 5) is 13.5. The van der Waals surface area contributed by atoms with Crippen molar-refractivity contribution in [3.05, 3.63) is 16.0 Å². The molecule has 0 aromatic carbocycles. The average molecular weight is 312 g/mol. The highest BCUT2D eigenvalue weighted by Crippen LogP contribution is 2.34. The molecule has 0 spiro atoms. The van der Waals surface area contributed by atoms with Crippen LogP contribution in [0.15, 0.2) is 0 Å². The highest BCUT2D eigenvalue weighted by molar-refractivity contribution is 7.16. The zero-order valence-corrected chi connectivity index (χ0v) is 13.4. The van der Waals surface area contributed by atoms with Crippen LogP contribution >= 0.6 is 11.3 Å². The summed E-state index contributed by atoms with van der Waals surface area (Å²) in [5, 5.41) is 14.2. The molecule has 1 atom stereocenters. The molecule has 21 heavy (non-hydrogen) atoms. The van der Waals surface area contributed by atoms with Gasteiger partial charge in [-0.2, -0.15) is 5.06 Å². The molecule has 0 saturated heterocycles. The lowest BCUT2D eigenvalue weighted by Crippen LogP contribution is -2.53. The number of nitrogens with one attached hydrogen (secondary N) is 1. The average Bonchev–Trinajstić information content (AvgIpc) is 2.71. The van der Waals surface area contributed by atoms with Gasteiger partial charge in [-0.3, -0.25) is 4.79 Å². The van der Waals surface area contributed by atoms with Gasteiger partial charge >= 0.3 is 0 Å². The van der Waals surface area contributed by atoms with E-state index in [0.29, 0.717) is 30.1 Å². The van der Waals surface area contributed by atoms with Crippen molar-refractivity contribution in [3.63, 3.8) is 0 Å². The summed E-state index contributed by atoms with van der Waals surface area (Å²) >= 11 is 1.37. The second kappa shape index (κ2) is 6.31. The summed E-state index contributed by atoms with van der Waals surface area (Å²) in [7, 11) is 0. The molecule has 118 valence electrons. The van der Waals surface area contributed by atoms with Crippen LogP contribution in [0.5, 0.6) is 0 Å². The summed E-state index contributed by atoms with van der Waals surface area (Å²) in [5.41, 5.74) is 12.9. The first-order valence-electron chi connectivity index (χ1n) is 7.29. The fraction of sp³-hybridized carbons (Fsp3) is 0.643. The summed E-state index contributed by atoms with van der Waals surface area (Å²) in [5.74, 6) is -0.211. The fourth-order valence-electron chi connectivity index (χ4n) is 2.59. The minimum atomic E-state index is -0.730. The summed E-state index contributed by atoms with van der Waals surface area (Å²) < 4.78 is 0. The molecule has 1 aliphatic rings. The summed E-state index contributed by atoms with van der Waals surface area (Å²) in [6.07, 6.45) is 3.35. The lowest BCUT2D eigenvalue weighted by Gasteiger charge is -2.27. The van der Waals surface area contributed by atoms with Gasteiger partial charge < -0.3 is 22.0 Å². The highest BCUT2D eigenvalue weighted by Gasteiger charge is 2.29. The normalized spacial score (nSPS) is 18.1. The molecule has 6 N–H and O–H groups in total. The Labute approximate surface area is 129 Å². The van der Waals surface area contributed by atoms with Gasteiger partial charge in [0.1, 0.15) is 0 Å². The number of anilines is 1. The Morgan fingerprint density at radius 1 is 1.57 bits per heavy atom. The number of carbonyl (C=O) groups excluding carboxylic acids is 1. The van der Waals surface area contributed by atoms with Gasteiger partial charge in [-0.15, -0.1) is 11.3 Å². The molecular formula is C14H24N4O2S. The van der Waals surface area contributed by atoms with Gasteiger partial charge in [-0.1, -0.05) is 19.8 Å². The minimum absolute atomic E-state index is 0.211. The number of hydroxylamine groups is 2. The third-order valence-corrected chi connectivity index (χ3v) is 4.79. The van der Waals surface area contributed by atoms with Crippen molar-refractivity contribution in [1.29, 1.82) is 0 Å². The number of hydrogen-bond acceptors (Lipinski definition) is 6. The van der Waals surface area contributed by atoms with Crippen molar-refractivity contribution in [1.82, 2.24) is 10.4 Å². The van der Waals surface area contributed by atoms with E-state index < -0.39 is 5.66 Å². The van der Waals surface area contributed by atoms with Crippen LogP contribution in [0.2, 0.25) is 0 Å². The van der Waals surface area contributed by atoms with Gasteiger partial charge in [0.05, 0.1) is 22.8 Å². The number of nitrogens with zero attached hydrogens (tertiary/aromatic N) is 1. The third-order valence-electron chi connectivity index (χ3n) is 3.74. The van der Waals surface area contributed by atoms with E-state index in [9.17, 15) is 10.0 Å². The second-order valence-electron chi connectivity index (χ2n) is 5.86. The van der Waals surface area contributed by atoms with Crippen LogP contribution < -0.4 is 16.8 Å². The van der Waals surface area contributed by atoms with Gasteiger partial charge in [0, 0.05) is 11.4 Å². The standard InChI is InChI=1S/C14H24N4O2S/c1-3-4-6-14(2,16)17-13(19)11-9-5-7-18(20)8-10(9)21-12(11)15/h20H,3-8,15-16H2,1-2H3,(H,17,19). The van der Waals surface area contributed by atoms with Crippen LogP contribution in [0.4, 0.5) is 5.00 Å². The number of thiophene rings is 1. The maximum Gasteiger partial charge on any atom is 0.255 e. The molecule has 1 aliphatic heterocycles. The largest absolute Gasteiger partial charge is 0.390 e. The summed E-state index contributed by atoms with van der Waals surface area (Å²) in [6.45, 7) is 4.85. The van der Waals surface area contributed by atoms with Crippen LogP contribution in [0.3, 0.4) is 0 Å². The van der Waals surface area contributed by atoms with Crippen molar-refractivity contribution >= 4 is 22.2 Å². The number of nitrogen functional groups attached to an aromatic ring is 1. The monoisotopic (exact) mass is 312 g/mol. The van der Waals surface area contributed by atoms with E-state index in [1.165, 1.54) is 16.4 Å². The molecule has 2 heterocycles. The first kappa shape index (κ1) is 16.2. The minimum Gasteiger partial charge on any atom is -0.390 e. The third kappa shape index (κ3) is 3.74. The first-order valence-corrected chi connectivity index (χ1v) is 8.11. The Hall–Kier alpha value is -1.15. The Morgan fingerprint density at radius 3 is 2.95 bits per heavy atom. The number of nitrogens with two attached hydrogens (primary N) is 2. The van der Waals surface area contributed by atoms with Gasteiger partial charge in [0.25, 0.3) is 5.91 Å². The van der Waals surface area contributed by atoms with Crippen LogP contribution in [-0.4, -0.2) is 28.4 Å². The number of unbranched alkanes of at least 4 members (excludes halogenated alkanes) is 1. The van der Waals surface area contributed by atoms with Crippen molar-refractivity contribution in [2.45, 2.75) is 51.7 Å². The van der Waals surface area contributed by atoms with E-state index in [0.717, 1.165) is 29.7 Å². The van der Waals surface area contributed by atoms with E-state index in [2.05, 4.69) is 12.2 Å². The Bertz CT molecular complexity index is 527. The maximum absolute atomic E-state index is 12.5. The molecule has 0 bridgehead atoms. The van der Waals surface area contributed by atoms with E-state index in [1.807, 2.05) is 6.92 Å². The van der Waals surface area contributed by atoms with E-state index in [-0.39, 0.29) is 5.91 Å². The van der Waals surface area contributed by atoms with Gasteiger partial charge in [-0.05, 0) is 25.3 Å². The second-order valence-corrected chi connectivity index (χ2v) is 6.99. The number of carbonyl (C=O) groups is 1. The molecule has 2 rings (SSSR count). The molecular weight excluding hydrogens is 288 g/mol. The van der Waals surface area contributed by atoms with Crippen LogP contribution in [0, 0.1) is 0 Å². The zero-order valence-electron chi connectivity index (χ0n) is 12.6. The molecule has 0 saturated carbocycles. The summed E-state index contributed by atoms with van der Waals surface area (Å²) in [6, 6.07) is 0. The fourth-order valence-corrected chi connectivity index (χ4v) is 3.71. The Kier molecular flexibility index (Phi) is 4.88. The van der Waals surface area contributed by atoms with Gasteiger partial charge in [0.15, 0.2) is 0 Å². The number of hydrogen-bond donors (Lipinski definition) is 4. The van der Waals surface area contributed by atoms with Crippen molar-refractivity contribution < 1.29 is 10.0 Å². The predicted molar refractivity (Wildman–Crippen MR) is 84.2 cm³/mol. The SMILES string of the molecule is CCCCC(C)(N)NC(=O)c1c(N)sc2c1CCN(O)C2. The molecule has 7 heteroatoms. The molecule has 6 nitrogen and oxygen atoms in total. The molecule has 1 aromatic heterocycles. The molecule has 0 radical (unpaired) electrons. The number of amides is 1. The molecule has 0 fully saturated rings. The maximum atomic E-state index is 12.5. The highest BCUT2D eigenvalue weighted by atomic mass is 32.1. The van der Waals surface area contributed by atoms with Crippen molar-refractivity contribution in [3.8, 4) is 0 Å². The van der Waals surface area contributed by atoms with E-state index in [1.54, 1.807) is 0 Å². The Balaban J connectivity index is 2.17. The van der Waals surface area contributed by atoms with Gasteiger partial charge in [-0.25, -0.2) is 0 Å². The lowest BCUT2D eigenvalue weighted by molar-refractivity contribution is -0.102. The van der Waals surface area contributed by atoms with Crippen LogP contribution in [-0.2, 0) is 13.0 Å². The van der Waals surface area contributed by atoms with Gasteiger partial charge in [0.2, 0.25) is 0 Å². The molecule has 1 unspecified atom stereocenters. The Morgan fingerprint density at radius 2 is 2.29 bits per heavy atom. The molecule has 0 aliphatic carbocycles. The van der Waals surface area contributed by atoms with Crippen LogP contribution in [0.1, 0.15) is 53.9 Å². The van der Waals surface area contributed by atoms with Crippen molar-refractivity contribution in [2.24, 2.45) is 5.73 Å². The lowest BCUT2D eigenvalue weighted by atomic mass is 10.0. The van der Waals surface area contributed by atoms with Crippen molar-refractivity contribution in [2.75, 3.05) is 12.3 Å². The quantitative estimate of drug-likeness (QED) is 0.619. The zero-order chi connectivity index (χ0) is 15.6. The van der Waals surface area contributed by atoms with E-state index >= 15 is 0 Å². The topological polar surface area (TPSA) is 105 Å².